The van der Waals surface area contributed by atoms with Crippen LogP contribution in [0, 0.1) is 25.1 Å². The number of aryl methyl sites for hydroxylation is 1. The first kappa shape index (κ1) is 20.7. The van der Waals surface area contributed by atoms with Crippen molar-refractivity contribution in [2.24, 2.45) is 0 Å². The van der Waals surface area contributed by atoms with E-state index in [1.165, 1.54) is 18.2 Å². The lowest BCUT2D eigenvalue weighted by atomic mass is 9.82. The van der Waals surface area contributed by atoms with Gasteiger partial charge in [-0.3, -0.25) is 0 Å². The molecule has 1 aliphatic heterocycles. The van der Waals surface area contributed by atoms with Crippen LogP contribution in [0.3, 0.4) is 0 Å². The van der Waals surface area contributed by atoms with Crippen LogP contribution in [0.4, 0.5) is 23.2 Å². The Kier molecular flexibility index (Phi) is 5.08. The number of alkyl halides is 3. The highest BCUT2D eigenvalue weighted by Crippen LogP contribution is 2.39. The minimum absolute atomic E-state index is 0.341. The van der Waals surface area contributed by atoms with E-state index in [2.05, 4.69) is 12.5 Å². The predicted molar refractivity (Wildman–Crippen MR) is 109 cm³/mol. The zero-order chi connectivity index (χ0) is 21.6. The van der Waals surface area contributed by atoms with Crippen LogP contribution in [0.15, 0.2) is 54.8 Å². The molecule has 1 heterocycles. The van der Waals surface area contributed by atoms with Crippen LogP contribution in [-0.4, -0.2) is 6.54 Å². The van der Waals surface area contributed by atoms with E-state index in [9.17, 15) is 17.6 Å². The van der Waals surface area contributed by atoms with Gasteiger partial charge in [-0.15, -0.1) is 6.42 Å². The number of anilines is 1. The van der Waals surface area contributed by atoms with Crippen LogP contribution < -0.4 is 4.90 Å². The third-order valence-electron chi connectivity index (χ3n) is 5.24. The highest BCUT2D eigenvalue weighted by Gasteiger charge is 2.32. The summed E-state index contributed by atoms with van der Waals surface area (Å²) in [4.78, 5) is 1.85. The summed E-state index contributed by atoms with van der Waals surface area (Å²) in [5.41, 5.74) is 2.63. The third-order valence-corrected chi connectivity index (χ3v) is 5.24. The second-order valence-corrected chi connectivity index (χ2v) is 7.87. The molecule has 0 atom stereocenters. The van der Waals surface area contributed by atoms with Gasteiger partial charge in [-0.1, -0.05) is 38.5 Å². The summed E-state index contributed by atoms with van der Waals surface area (Å²) < 4.78 is 52.9. The Hall–Kier alpha value is -3.00. The molecule has 2 aromatic rings. The summed E-state index contributed by atoms with van der Waals surface area (Å²) in [6, 6.07) is 8.28. The topological polar surface area (TPSA) is 3.24 Å². The number of hydrogen-bond donors (Lipinski definition) is 0. The molecule has 1 nitrogen and oxygen atoms in total. The van der Waals surface area contributed by atoms with Gasteiger partial charge in [0, 0.05) is 29.3 Å². The summed E-state index contributed by atoms with van der Waals surface area (Å²) in [5, 5.41) is 0. The molecule has 2 aromatic carbocycles. The van der Waals surface area contributed by atoms with E-state index in [0.717, 1.165) is 23.3 Å². The van der Waals surface area contributed by atoms with E-state index >= 15 is 0 Å². The van der Waals surface area contributed by atoms with Crippen LogP contribution in [0.5, 0.6) is 0 Å². The first-order valence-electron chi connectivity index (χ1n) is 9.06. The number of halogens is 4. The average Bonchev–Trinajstić information content (AvgIpc) is 2.65. The second kappa shape index (κ2) is 7.11. The normalized spacial score (nSPS) is 14.3. The lowest BCUT2D eigenvalue weighted by Gasteiger charge is -2.36. The molecule has 150 valence electrons. The molecular weight excluding hydrogens is 378 g/mol. The molecule has 0 unspecified atom stereocenters. The summed E-state index contributed by atoms with van der Waals surface area (Å²) in [6.45, 7) is 9.95. The number of terminal acetylenes is 1. The van der Waals surface area contributed by atoms with Gasteiger partial charge in [0.2, 0.25) is 0 Å². The predicted octanol–water partition coefficient (Wildman–Crippen LogP) is 6.48. The van der Waals surface area contributed by atoms with Gasteiger partial charge in [-0.05, 0) is 47.9 Å². The minimum atomic E-state index is -4.38. The van der Waals surface area contributed by atoms with Gasteiger partial charge in [0.15, 0.2) is 0 Å². The van der Waals surface area contributed by atoms with Gasteiger partial charge < -0.3 is 4.90 Å². The van der Waals surface area contributed by atoms with Crippen molar-refractivity contribution in [3.63, 3.8) is 0 Å². The quantitative estimate of drug-likeness (QED) is 0.422. The second-order valence-electron chi connectivity index (χ2n) is 7.87. The fraction of sp³-hybridized carbons (Fsp3) is 0.250. The summed E-state index contributed by atoms with van der Waals surface area (Å²) >= 11 is 0. The molecule has 3 rings (SSSR count). The van der Waals surface area contributed by atoms with Crippen LogP contribution in [-0.2, 0) is 11.6 Å². The Morgan fingerprint density at radius 2 is 1.66 bits per heavy atom. The zero-order valence-corrected chi connectivity index (χ0v) is 16.5. The fourth-order valence-corrected chi connectivity index (χ4v) is 3.48. The Balaban J connectivity index is 2.00. The number of benzene rings is 2. The molecule has 0 saturated heterocycles. The van der Waals surface area contributed by atoms with E-state index < -0.39 is 17.2 Å². The van der Waals surface area contributed by atoms with Crippen molar-refractivity contribution < 1.29 is 17.6 Å². The first-order chi connectivity index (χ1) is 13.4. The summed E-state index contributed by atoms with van der Waals surface area (Å²) in [6.07, 6.45) is 2.99. The largest absolute Gasteiger partial charge is 0.416 e. The zero-order valence-electron chi connectivity index (χ0n) is 16.5. The highest BCUT2D eigenvalue weighted by molar-refractivity contribution is 5.92. The molecule has 0 fully saturated rings. The minimum Gasteiger partial charge on any atom is -0.345 e. The Labute approximate surface area is 168 Å². The molecule has 0 aliphatic carbocycles. The van der Waals surface area contributed by atoms with E-state index in [-0.39, 0.29) is 5.82 Å². The molecular formula is C24H21F4N. The van der Waals surface area contributed by atoms with Gasteiger partial charge in [0.05, 0.1) is 11.3 Å². The molecule has 0 aromatic heterocycles. The molecule has 0 amide bonds. The van der Waals surface area contributed by atoms with Crippen LogP contribution in [0.1, 0.15) is 36.1 Å². The third kappa shape index (κ3) is 3.93. The van der Waals surface area contributed by atoms with Crippen molar-refractivity contribution in [2.45, 2.75) is 32.4 Å². The van der Waals surface area contributed by atoms with E-state index in [4.69, 9.17) is 6.42 Å². The molecule has 5 heteroatoms. The van der Waals surface area contributed by atoms with Crippen molar-refractivity contribution in [2.75, 3.05) is 11.4 Å². The summed E-state index contributed by atoms with van der Waals surface area (Å²) in [7, 11) is 0. The van der Waals surface area contributed by atoms with Gasteiger partial charge in [-0.25, -0.2) is 4.39 Å². The Morgan fingerprint density at radius 3 is 2.21 bits per heavy atom. The maximum Gasteiger partial charge on any atom is 0.416 e. The monoisotopic (exact) mass is 399 g/mol. The molecule has 0 N–H and O–H groups in total. The number of nitrogens with zero attached hydrogens (tertiary/aromatic N) is 1. The molecule has 0 radical (unpaired) electrons. The van der Waals surface area contributed by atoms with Crippen molar-refractivity contribution in [3.8, 4) is 12.3 Å². The number of rotatable bonds is 3. The Morgan fingerprint density at radius 1 is 1.07 bits per heavy atom. The molecule has 0 spiro atoms. The van der Waals surface area contributed by atoms with Gasteiger partial charge in [-0.2, -0.15) is 13.2 Å². The molecule has 1 aliphatic rings. The maximum absolute atomic E-state index is 14.3. The lowest BCUT2D eigenvalue weighted by Crippen LogP contribution is -2.36. The van der Waals surface area contributed by atoms with E-state index in [1.807, 2.05) is 18.7 Å². The maximum atomic E-state index is 14.3. The van der Waals surface area contributed by atoms with E-state index in [1.54, 1.807) is 19.2 Å². The first-order valence-corrected chi connectivity index (χ1v) is 9.06. The Bertz CT molecular complexity index is 1030. The standard InChI is InChI=1S/C24H21F4N/c1-6-17-13-29(22-12-21(25)15(2)11-20(22)16(17)3)14-23(4,5)18-7-9-19(10-8-18)24(26,27)28/h1,7-13H,3,14H2,2,4-5H3. The van der Waals surface area contributed by atoms with Crippen molar-refractivity contribution in [3.05, 3.63) is 82.8 Å². The summed E-state index contributed by atoms with van der Waals surface area (Å²) in [5.74, 6) is 2.27. The average molecular weight is 399 g/mol. The van der Waals surface area contributed by atoms with Crippen molar-refractivity contribution in [1.29, 1.82) is 0 Å². The lowest BCUT2D eigenvalue weighted by molar-refractivity contribution is -0.137. The van der Waals surface area contributed by atoms with Gasteiger partial charge in [0.1, 0.15) is 5.82 Å². The smallest absolute Gasteiger partial charge is 0.345 e. The SMILES string of the molecule is C#CC1=CN(CC(C)(C)c2ccc(C(F)(F)F)cc2)c2cc(F)c(C)cc2C1=C. The van der Waals surface area contributed by atoms with Gasteiger partial charge >= 0.3 is 6.18 Å². The van der Waals surface area contributed by atoms with Crippen molar-refractivity contribution >= 4 is 11.3 Å². The van der Waals surface area contributed by atoms with Gasteiger partial charge in [0.25, 0.3) is 0 Å². The van der Waals surface area contributed by atoms with Crippen LogP contribution >= 0.6 is 0 Å². The number of fused-ring (bicyclic) bond motifs is 1. The number of allylic oxidation sites excluding steroid dienone is 2. The van der Waals surface area contributed by atoms with E-state index in [0.29, 0.717) is 28.9 Å². The van der Waals surface area contributed by atoms with Crippen molar-refractivity contribution in [1.82, 2.24) is 0 Å². The molecule has 29 heavy (non-hydrogen) atoms. The number of hydrogen-bond acceptors (Lipinski definition) is 1. The highest BCUT2D eigenvalue weighted by atomic mass is 19.4. The molecule has 0 bridgehead atoms. The van der Waals surface area contributed by atoms with Crippen LogP contribution in [0.25, 0.3) is 5.57 Å². The molecule has 0 saturated carbocycles. The van der Waals surface area contributed by atoms with Crippen LogP contribution in [0.2, 0.25) is 0 Å². The fourth-order valence-electron chi connectivity index (χ4n) is 3.48.